The molecule has 0 saturated heterocycles. The molecule has 0 aliphatic rings. The van der Waals surface area contributed by atoms with E-state index in [2.05, 4.69) is 5.32 Å². The van der Waals surface area contributed by atoms with Gasteiger partial charge in [0, 0.05) is 17.8 Å². The Kier molecular flexibility index (Phi) is 4.48. The zero-order chi connectivity index (χ0) is 14.5. The quantitative estimate of drug-likeness (QED) is 0.889. The highest BCUT2D eigenvalue weighted by Crippen LogP contribution is 2.27. The lowest BCUT2D eigenvalue weighted by Gasteiger charge is -2.09. The molecular formula is C15H15ClN2O2. The average Bonchev–Trinajstić information content (AvgIpc) is 2.45. The van der Waals surface area contributed by atoms with Crippen LogP contribution in [0.4, 0.5) is 5.69 Å². The first kappa shape index (κ1) is 14.2. The van der Waals surface area contributed by atoms with Crippen LogP contribution in [0.2, 0.25) is 5.02 Å². The predicted octanol–water partition coefficient (Wildman–Crippen LogP) is 3.06. The Morgan fingerprint density at radius 3 is 2.50 bits per heavy atom. The molecule has 4 nitrogen and oxygen atoms in total. The van der Waals surface area contributed by atoms with Crippen LogP contribution in [-0.4, -0.2) is 13.0 Å². The third kappa shape index (κ3) is 3.42. The van der Waals surface area contributed by atoms with Crippen LogP contribution in [0.1, 0.15) is 15.9 Å². The number of hydrogen-bond donors (Lipinski definition) is 2. The van der Waals surface area contributed by atoms with E-state index in [0.29, 0.717) is 22.9 Å². The van der Waals surface area contributed by atoms with Crippen LogP contribution < -0.4 is 15.8 Å². The summed E-state index contributed by atoms with van der Waals surface area (Å²) < 4.78 is 5.09. The zero-order valence-electron chi connectivity index (χ0n) is 11.0. The summed E-state index contributed by atoms with van der Waals surface area (Å²) in [5, 5.41) is 3.80. The summed E-state index contributed by atoms with van der Waals surface area (Å²) in [6.45, 7) is 0.627. The highest BCUT2D eigenvalue weighted by Gasteiger charge is 2.02. The topological polar surface area (TPSA) is 64.3 Å². The molecule has 0 saturated carbocycles. The number of anilines is 1. The van der Waals surface area contributed by atoms with Crippen molar-refractivity contribution in [3.8, 4) is 5.75 Å². The maximum absolute atomic E-state index is 11.0. The van der Waals surface area contributed by atoms with Crippen LogP contribution in [0, 0.1) is 0 Å². The molecule has 5 heteroatoms. The Balaban J connectivity index is 2.01. The molecule has 0 aromatic heterocycles. The van der Waals surface area contributed by atoms with Gasteiger partial charge in [0.25, 0.3) is 0 Å². The second-order valence-corrected chi connectivity index (χ2v) is 4.67. The number of nitrogens with two attached hydrogens (primary N) is 1. The predicted molar refractivity (Wildman–Crippen MR) is 80.3 cm³/mol. The summed E-state index contributed by atoms with van der Waals surface area (Å²) in [6.07, 6.45) is 0. The Hall–Kier alpha value is -2.20. The van der Waals surface area contributed by atoms with Crippen molar-refractivity contribution in [3.05, 3.63) is 58.6 Å². The summed E-state index contributed by atoms with van der Waals surface area (Å²) in [5.41, 5.74) is 7.63. The number of methoxy groups -OCH3 is 1. The average molecular weight is 291 g/mol. The van der Waals surface area contributed by atoms with Crippen molar-refractivity contribution >= 4 is 23.2 Å². The van der Waals surface area contributed by atoms with E-state index >= 15 is 0 Å². The lowest BCUT2D eigenvalue weighted by molar-refractivity contribution is 0.100. The highest BCUT2D eigenvalue weighted by atomic mass is 35.5. The van der Waals surface area contributed by atoms with E-state index in [-0.39, 0.29) is 0 Å². The first-order valence-corrected chi connectivity index (χ1v) is 6.44. The molecule has 20 heavy (non-hydrogen) atoms. The van der Waals surface area contributed by atoms with E-state index in [9.17, 15) is 4.79 Å². The van der Waals surface area contributed by atoms with Gasteiger partial charge in [-0.05, 0) is 35.9 Å². The highest BCUT2D eigenvalue weighted by molar-refractivity contribution is 6.32. The second-order valence-electron chi connectivity index (χ2n) is 4.26. The van der Waals surface area contributed by atoms with E-state index in [1.807, 2.05) is 18.2 Å². The van der Waals surface area contributed by atoms with Crippen LogP contribution in [0.15, 0.2) is 42.5 Å². The molecule has 2 rings (SSSR count). The fourth-order valence-corrected chi connectivity index (χ4v) is 2.03. The van der Waals surface area contributed by atoms with Crippen molar-refractivity contribution in [1.29, 1.82) is 0 Å². The maximum atomic E-state index is 11.0. The number of carbonyl (C=O) groups excluding carboxylic acids is 1. The van der Waals surface area contributed by atoms with Gasteiger partial charge in [0.1, 0.15) is 5.75 Å². The van der Waals surface area contributed by atoms with E-state index in [1.54, 1.807) is 31.4 Å². The SMILES string of the molecule is COc1ccc(NCc2ccc(C(N)=O)cc2)cc1Cl. The van der Waals surface area contributed by atoms with Gasteiger partial charge in [-0.3, -0.25) is 4.79 Å². The molecule has 1 amide bonds. The monoisotopic (exact) mass is 290 g/mol. The van der Waals surface area contributed by atoms with Crippen molar-refractivity contribution in [2.75, 3.05) is 12.4 Å². The van der Waals surface area contributed by atoms with E-state index in [4.69, 9.17) is 22.1 Å². The number of carbonyl (C=O) groups is 1. The minimum absolute atomic E-state index is 0.425. The number of amides is 1. The molecule has 0 heterocycles. The molecule has 2 aromatic rings. The minimum atomic E-state index is -0.425. The molecule has 0 aliphatic heterocycles. The van der Waals surface area contributed by atoms with Gasteiger partial charge in [-0.1, -0.05) is 23.7 Å². The number of nitrogens with one attached hydrogen (secondary N) is 1. The molecule has 0 aliphatic carbocycles. The molecule has 0 radical (unpaired) electrons. The Morgan fingerprint density at radius 1 is 1.25 bits per heavy atom. The molecule has 0 unspecified atom stereocenters. The molecule has 0 bridgehead atoms. The molecule has 104 valence electrons. The van der Waals surface area contributed by atoms with Gasteiger partial charge >= 0.3 is 0 Å². The number of hydrogen-bond acceptors (Lipinski definition) is 3. The summed E-state index contributed by atoms with van der Waals surface area (Å²) in [4.78, 5) is 11.0. The molecule has 0 atom stereocenters. The fourth-order valence-electron chi connectivity index (χ4n) is 1.77. The van der Waals surface area contributed by atoms with Crippen LogP contribution in [0.25, 0.3) is 0 Å². The summed E-state index contributed by atoms with van der Waals surface area (Å²) in [6, 6.07) is 12.6. The van der Waals surface area contributed by atoms with Gasteiger partial charge in [0.05, 0.1) is 12.1 Å². The second kappa shape index (κ2) is 6.30. The van der Waals surface area contributed by atoms with E-state index in [1.165, 1.54) is 0 Å². The Morgan fingerprint density at radius 2 is 1.95 bits per heavy atom. The van der Waals surface area contributed by atoms with Gasteiger partial charge in [0.2, 0.25) is 5.91 Å². The van der Waals surface area contributed by atoms with E-state index < -0.39 is 5.91 Å². The lowest BCUT2D eigenvalue weighted by atomic mass is 10.1. The largest absolute Gasteiger partial charge is 0.495 e. The van der Waals surface area contributed by atoms with Gasteiger partial charge in [-0.25, -0.2) is 0 Å². The number of halogens is 1. The van der Waals surface area contributed by atoms with Gasteiger partial charge < -0.3 is 15.8 Å². The van der Waals surface area contributed by atoms with E-state index in [0.717, 1.165) is 11.3 Å². The van der Waals surface area contributed by atoms with Crippen LogP contribution in [0.5, 0.6) is 5.75 Å². The molecule has 3 N–H and O–H groups in total. The molecule has 2 aromatic carbocycles. The lowest BCUT2D eigenvalue weighted by Crippen LogP contribution is -2.10. The molecule has 0 spiro atoms. The summed E-state index contributed by atoms with van der Waals surface area (Å²) in [7, 11) is 1.58. The summed E-state index contributed by atoms with van der Waals surface area (Å²) >= 11 is 6.05. The van der Waals surface area contributed by atoms with Gasteiger partial charge in [0.15, 0.2) is 0 Å². The fraction of sp³-hybridized carbons (Fsp3) is 0.133. The van der Waals surface area contributed by atoms with Crippen molar-refractivity contribution in [1.82, 2.24) is 0 Å². The number of rotatable bonds is 5. The number of primary amides is 1. The standard InChI is InChI=1S/C15H15ClN2O2/c1-20-14-7-6-12(8-13(14)16)18-9-10-2-4-11(5-3-10)15(17)19/h2-8,18H,9H2,1H3,(H2,17,19). The van der Waals surface area contributed by atoms with Crippen LogP contribution >= 0.6 is 11.6 Å². The normalized spacial score (nSPS) is 10.1. The summed E-state index contributed by atoms with van der Waals surface area (Å²) in [5.74, 6) is 0.217. The third-order valence-corrected chi connectivity index (χ3v) is 3.18. The first-order chi connectivity index (χ1) is 9.60. The maximum Gasteiger partial charge on any atom is 0.248 e. The first-order valence-electron chi connectivity index (χ1n) is 6.06. The minimum Gasteiger partial charge on any atom is -0.495 e. The molecular weight excluding hydrogens is 276 g/mol. The van der Waals surface area contributed by atoms with Crippen molar-refractivity contribution in [2.45, 2.75) is 6.54 Å². The Bertz CT molecular complexity index is 612. The third-order valence-electron chi connectivity index (χ3n) is 2.89. The van der Waals surface area contributed by atoms with Crippen LogP contribution in [-0.2, 0) is 6.54 Å². The van der Waals surface area contributed by atoms with Gasteiger partial charge in [-0.15, -0.1) is 0 Å². The van der Waals surface area contributed by atoms with Crippen molar-refractivity contribution < 1.29 is 9.53 Å². The zero-order valence-corrected chi connectivity index (χ0v) is 11.8. The molecule has 0 fully saturated rings. The van der Waals surface area contributed by atoms with Crippen LogP contribution in [0.3, 0.4) is 0 Å². The van der Waals surface area contributed by atoms with Crippen molar-refractivity contribution in [3.63, 3.8) is 0 Å². The van der Waals surface area contributed by atoms with Gasteiger partial charge in [-0.2, -0.15) is 0 Å². The number of ether oxygens (including phenoxy) is 1. The number of benzene rings is 2. The van der Waals surface area contributed by atoms with Crippen molar-refractivity contribution in [2.24, 2.45) is 5.73 Å². The smallest absolute Gasteiger partial charge is 0.248 e. The Labute approximate surface area is 122 Å².